The third kappa shape index (κ3) is 13.2. The van der Waals surface area contributed by atoms with E-state index in [4.69, 9.17) is 14.6 Å². The van der Waals surface area contributed by atoms with Gasteiger partial charge in [-0.1, -0.05) is 130 Å². The Labute approximate surface area is 312 Å². The van der Waals surface area contributed by atoms with Gasteiger partial charge in [-0.3, -0.25) is 0 Å². The molecule has 4 aliphatic rings. The minimum Gasteiger partial charge on any atom is -0.395 e. The maximum absolute atomic E-state index is 9.05. The molecule has 0 aromatic rings. The number of rotatable bonds is 23. The Kier molecular flexibility index (Phi) is 20.6. The molecule has 0 saturated heterocycles. The molecule has 0 aliphatic heterocycles. The van der Waals surface area contributed by atoms with E-state index in [1.165, 1.54) is 141 Å². The molecule has 0 spiro atoms. The highest BCUT2D eigenvalue weighted by Gasteiger charge is 2.58. The number of hydrogen-bond acceptors (Lipinski definition) is 4. The minimum atomic E-state index is 0.139. The molecule has 4 rings (SSSR count). The predicted molar refractivity (Wildman–Crippen MR) is 216 cm³/mol. The number of aliphatic hydroxyl groups excluding tert-OH is 1. The normalized spacial score (nSPS) is 31.1. The molecule has 0 aromatic carbocycles. The molecule has 4 aliphatic carbocycles. The molecule has 0 aromatic heterocycles. The zero-order chi connectivity index (χ0) is 36.4. The molecule has 0 bridgehead atoms. The Bertz CT molecular complexity index is 917. The van der Waals surface area contributed by atoms with Gasteiger partial charge in [0, 0.05) is 13.2 Å². The van der Waals surface area contributed by atoms with Crippen LogP contribution in [0, 0.1) is 40.4 Å². The standard InChI is InChI=1S/C34H60O.C12H27NO2/c1-6-7-8-9-10-13-24-35-29-20-22-34(5)28(25-29)16-18-30-31-19-17-27(15-12-11-14-26(2)3)33(31,4)23-21-32(30)34;1-4-5-6-7-8-9-15-11-12(10-14)13(2)3/h16,26-27,29-32H,6-15,17-25H2,1-5H3;12,14H,4-11H2,1-3H3. The van der Waals surface area contributed by atoms with Crippen LogP contribution in [-0.4, -0.2) is 62.7 Å². The number of unbranched alkanes of at least 4 members (excludes halogenated alkanes) is 10. The summed E-state index contributed by atoms with van der Waals surface area (Å²) in [5.74, 6) is 4.78. The van der Waals surface area contributed by atoms with Gasteiger partial charge in [0.05, 0.1) is 25.4 Å². The summed E-state index contributed by atoms with van der Waals surface area (Å²) in [5, 5.41) is 9.05. The number of aliphatic hydroxyl groups is 1. The van der Waals surface area contributed by atoms with Crippen molar-refractivity contribution >= 4 is 0 Å². The van der Waals surface area contributed by atoms with Gasteiger partial charge in [-0.15, -0.1) is 0 Å². The summed E-state index contributed by atoms with van der Waals surface area (Å²) in [4.78, 5) is 2.00. The van der Waals surface area contributed by atoms with Crippen molar-refractivity contribution in [3.8, 4) is 0 Å². The highest BCUT2D eigenvalue weighted by molar-refractivity contribution is 5.25. The van der Waals surface area contributed by atoms with E-state index in [1.54, 1.807) is 5.57 Å². The van der Waals surface area contributed by atoms with Gasteiger partial charge >= 0.3 is 0 Å². The van der Waals surface area contributed by atoms with E-state index in [0.717, 1.165) is 49.2 Å². The van der Waals surface area contributed by atoms with Crippen molar-refractivity contribution < 1.29 is 14.6 Å². The fourth-order valence-corrected chi connectivity index (χ4v) is 10.8. The van der Waals surface area contributed by atoms with Gasteiger partial charge in [0.15, 0.2) is 0 Å². The Morgan fingerprint density at radius 2 is 1.48 bits per heavy atom. The van der Waals surface area contributed by atoms with Gasteiger partial charge in [-0.2, -0.15) is 0 Å². The molecule has 3 fully saturated rings. The molecule has 0 heterocycles. The largest absolute Gasteiger partial charge is 0.395 e. The maximum Gasteiger partial charge on any atom is 0.0644 e. The minimum absolute atomic E-state index is 0.139. The first kappa shape index (κ1) is 44.0. The van der Waals surface area contributed by atoms with Gasteiger partial charge in [-0.05, 0) is 125 Å². The van der Waals surface area contributed by atoms with E-state index in [0.29, 0.717) is 23.5 Å². The van der Waals surface area contributed by atoms with Crippen LogP contribution >= 0.6 is 0 Å². The summed E-state index contributed by atoms with van der Waals surface area (Å²) in [5.41, 5.74) is 2.90. The van der Waals surface area contributed by atoms with Crippen LogP contribution in [0.4, 0.5) is 0 Å². The molecule has 8 unspecified atom stereocenters. The molecule has 1 N–H and O–H groups in total. The summed E-state index contributed by atoms with van der Waals surface area (Å²) in [7, 11) is 3.93. The number of nitrogens with zero attached hydrogens (tertiary/aromatic N) is 1. The lowest BCUT2D eigenvalue weighted by molar-refractivity contribution is -0.0589. The number of ether oxygens (including phenoxy) is 2. The SMILES string of the molecule is CCCCCCCCOC1CCC2(C)C(=CCC3C2CCC2(C)C(CCCCC(C)C)CCC32)C1.CCCCCCCOCC(CO)N(C)C. The topological polar surface area (TPSA) is 41.9 Å². The second kappa shape index (κ2) is 23.4. The van der Waals surface area contributed by atoms with Crippen molar-refractivity contribution in [3.63, 3.8) is 0 Å². The fourth-order valence-electron chi connectivity index (χ4n) is 10.8. The molecular formula is C46H87NO3. The molecule has 0 amide bonds. The van der Waals surface area contributed by atoms with Crippen LogP contribution in [0.15, 0.2) is 11.6 Å². The smallest absolute Gasteiger partial charge is 0.0644 e. The van der Waals surface area contributed by atoms with Crippen molar-refractivity contribution in [2.24, 2.45) is 40.4 Å². The predicted octanol–water partition coefficient (Wildman–Crippen LogP) is 12.4. The van der Waals surface area contributed by atoms with E-state index < -0.39 is 0 Å². The highest BCUT2D eigenvalue weighted by Crippen LogP contribution is 2.66. The summed E-state index contributed by atoms with van der Waals surface area (Å²) >= 11 is 0. The second-order valence-corrected chi connectivity index (χ2v) is 18.5. The van der Waals surface area contributed by atoms with Crippen LogP contribution < -0.4 is 0 Å². The lowest BCUT2D eigenvalue weighted by Crippen LogP contribution is -2.50. The first-order valence-corrected chi connectivity index (χ1v) is 22.3. The van der Waals surface area contributed by atoms with Crippen LogP contribution in [-0.2, 0) is 9.47 Å². The molecule has 3 saturated carbocycles. The average Bonchev–Trinajstić information content (AvgIpc) is 3.43. The van der Waals surface area contributed by atoms with Gasteiger partial charge < -0.3 is 19.5 Å². The van der Waals surface area contributed by atoms with E-state index in [9.17, 15) is 0 Å². The first-order chi connectivity index (χ1) is 24.1. The molecule has 0 radical (unpaired) electrons. The summed E-state index contributed by atoms with van der Waals surface area (Å²) in [6.45, 7) is 17.3. The van der Waals surface area contributed by atoms with Crippen LogP contribution in [0.5, 0.6) is 0 Å². The van der Waals surface area contributed by atoms with Crippen molar-refractivity contribution in [2.75, 3.05) is 40.5 Å². The Morgan fingerprint density at radius 3 is 2.14 bits per heavy atom. The molecule has 8 atom stereocenters. The summed E-state index contributed by atoms with van der Waals surface area (Å²) in [6, 6.07) is 0.139. The third-order valence-corrected chi connectivity index (χ3v) is 14.3. The fraction of sp³-hybridized carbons (Fsp3) is 0.957. The van der Waals surface area contributed by atoms with Crippen molar-refractivity contribution in [1.82, 2.24) is 4.90 Å². The maximum atomic E-state index is 9.05. The lowest BCUT2D eigenvalue weighted by Gasteiger charge is -2.58. The van der Waals surface area contributed by atoms with Gasteiger partial charge in [0.1, 0.15) is 0 Å². The zero-order valence-electron chi connectivity index (χ0n) is 34.9. The monoisotopic (exact) mass is 702 g/mol. The Morgan fingerprint density at radius 1 is 0.800 bits per heavy atom. The lowest BCUT2D eigenvalue weighted by atomic mass is 9.47. The van der Waals surface area contributed by atoms with Crippen molar-refractivity contribution in [2.45, 2.75) is 201 Å². The zero-order valence-corrected chi connectivity index (χ0v) is 34.9. The van der Waals surface area contributed by atoms with Gasteiger partial charge in [-0.25, -0.2) is 0 Å². The molecule has 294 valence electrons. The third-order valence-electron chi connectivity index (χ3n) is 14.3. The summed E-state index contributed by atoms with van der Waals surface area (Å²) in [6.07, 6.45) is 34.9. The van der Waals surface area contributed by atoms with Crippen molar-refractivity contribution in [1.29, 1.82) is 0 Å². The number of allylic oxidation sites excluding steroid dienone is 1. The van der Waals surface area contributed by atoms with Crippen LogP contribution in [0.3, 0.4) is 0 Å². The quantitative estimate of drug-likeness (QED) is 0.0850. The van der Waals surface area contributed by atoms with E-state index in [-0.39, 0.29) is 12.6 Å². The average molecular weight is 702 g/mol. The Balaban J connectivity index is 0.000000381. The van der Waals surface area contributed by atoms with Crippen LogP contribution in [0.2, 0.25) is 0 Å². The van der Waals surface area contributed by atoms with Gasteiger partial charge in [0.25, 0.3) is 0 Å². The van der Waals surface area contributed by atoms with Crippen molar-refractivity contribution in [3.05, 3.63) is 11.6 Å². The van der Waals surface area contributed by atoms with E-state index in [1.807, 2.05) is 19.0 Å². The highest BCUT2D eigenvalue weighted by atomic mass is 16.5. The number of hydrogen-bond donors (Lipinski definition) is 1. The molecular weight excluding hydrogens is 615 g/mol. The van der Waals surface area contributed by atoms with E-state index >= 15 is 0 Å². The Hall–Kier alpha value is -0.420. The molecule has 4 nitrogen and oxygen atoms in total. The number of likely N-dealkylation sites (N-methyl/N-ethyl adjacent to an activating group) is 1. The molecule has 50 heavy (non-hydrogen) atoms. The molecule has 4 heteroatoms. The second-order valence-electron chi connectivity index (χ2n) is 18.5. The first-order valence-electron chi connectivity index (χ1n) is 22.3. The van der Waals surface area contributed by atoms with Gasteiger partial charge in [0.2, 0.25) is 0 Å². The van der Waals surface area contributed by atoms with Crippen LogP contribution in [0.25, 0.3) is 0 Å². The summed E-state index contributed by atoms with van der Waals surface area (Å²) < 4.78 is 12.0. The van der Waals surface area contributed by atoms with E-state index in [2.05, 4.69) is 47.6 Å². The van der Waals surface area contributed by atoms with Crippen LogP contribution in [0.1, 0.15) is 189 Å². The number of fused-ring (bicyclic) bond motifs is 5.